The van der Waals surface area contributed by atoms with Gasteiger partial charge in [0.05, 0.1) is 19.3 Å². The second-order valence-electron chi connectivity index (χ2n) is 10.6. The first-order valence-electron chi connectivity index (χ1n) is 13.8. The number of aliphatic hydroxyl groups is 6. The fourth-order valence-corrected chi connectivity index (χ4v) is 4.68. The highest BCUT2D eigenvalue weighted by atomic mass is 16.7. The highest BCUT2D eigenvalue weighted by Gasteiger charge is 2.49. The van der Waals surface area contributed by atoms with E-state index < -0.39 is 104 Å². The van der Waals surface area contributed by atoms with E-state index >= 15 is 0 Å². The Kier molecular flexibility index (Phi) is 11.2. The first-order valence-corrected chi connectivity index (χ1v) is 13.8. The van der Waals surface area contributed by atoms with Crippen molar-refractivity contribution < 1.29 is 79.5 Å². The van der Waals surface area contributed by atoms with Crippen molar-refractivity contribution in [3.8, 4) is 23.0 Å². The molecule has 16 heteroatoms. The zero-order chi connectivity index (χ0) is 33.0. The van der Waals surface area contributed by atoms with Gasteiger partial charge in [0.25, 0.3) is 0 Å². The molecule has 0 radical (unpaired) electrons. The molecule has 2 saturated heterocycles. The van der Waals surface area contributed by atoms with Crippen molar-refractivity contribution in [1.82, 2.24) is 0 Å². The van der Waals surface area contributed by atoms with E-state index in [2.05, 4.69) is 0 Å². The van der Waals surface area contributed by atoms with Crippen LogP contribution in [0, 0.1) is 0 Å². The lowest BCUT2D eigenvalue weighted by molar-refractivity contribution is -0.330. The lowest BCUT2D eigenvalue weighted by Gasteiger charge is -2.43. The molecule has 10 N–H and O–H groups in total. The summed E-state index contributed by atoms with van der Waals surface area (Å²) in [6.45, 7) is 0.342. The van der Waals surface area contributed by atoms with Crippen LogP contribution in [0.4, 0.5) is 0 Å². The molecule has 2 fully saturated rings. The number of esters is 1. The van der Waals surface area contributed by atoms with Crippen molar-refractivity contribution >= 4 is 12.0 Å². The molecule has 0 aromatic heterocycles. The molecule has 0 bridgehead atoms. The van der Waals surface area contributed by atoms with Crippen molar-refractivity contribution in [2.75, 3.05) is 13.2 Å². The van der Waals surface area contributed by atoms with Crippen LogP contribution in [0.2, 0.25) is 0 Å². The van der Waals surface area contributed by atoms with Crippen molar-refractivity contribution in [3.63, 3.8) is 0 Å². The Bertz CT molecular complexity index is 1340. The number of rotatable bonds is 10. The Balaban J connectivity index is 1.48. The monoisotopic (exact) mass is 640 g/mol. The molecule has 2 heterocycles. The van der Waals surface area contributed by atoms with Gasteiger partial charge in [-0.3, -0.25) is 0 Å². The van der Waals surface area contributed by atoms with Crippen molar-refractivity contribution in [1.29, 1.82) is 0 Å². The van der Waals surface area contributed by atoms with E-state index in [-0.39, 0.29) is 11.3 Å². The molecule has 2 aromatic rings. The van der Waals surface area contributed by atoms with Crippen LogP contribution in [0.15, 0.2) is 42.5 Å². The highest BCUT2D eigenvalue weighted by Crippen LogP contribution is 2.31. The predicted molar refractivity (Wildman–Crippen MR) is 148 cm³/mol. The SMILES string of the molecule is C[C@@H]1O[C@@H](OC[C@H]2OC(OCC(O)c3ccc(O)c(O)c3)[C@H](O)[C@@H](O)C2OC(=O)/C=C/c2ccc(O)c(O)c2)[C@@H](O)[C@H](O)[C@H]1O. The van der Waals surface area contributed by atoms with Gasteiger partial charge in [0.15, 0.2) is 41.7 Å². The van der Waals surface area contributed by atoms with Gasteiger partial charge in [0.1, 0.15) is 42.7 Å². The van der Waals surface area contributed by atoms with Crippen LogP contribution in [-0.4, -0.2) is 132 Å². The maximum Gasteiger partial charge on any atom is 0.331 e. The van der Waals surface area contributed by atoms with E-state index in [9.17, 15) is 55.9 Å². The van der Waals surface area contributed by atoms with E-state index in [4.69, 9.17) is 23.7 Å². The normalized spacial score (nSPS) is 32.8. The van der Waals surface area contributed by atoms with Gasteiger partial charge in [-0.2, -0.15) is 0 Å². The number of benzene rings is 2. The van der Waals surface area contributed by atoms with Gasteiger partial charge >= 0.3 is 5.97 Å². The maximum atomic E-state index is 12.7. The molecule has 0 saturated carbocycles. The van der Waals surface area contributed by atoms with Crippen LogP contribution < -0.4 is 0 Å². The molecule has 2 aliphatic rings. The van der Waals surface area contributed by atoms with Crippen LogP contribution in [0.5, 0.6) is 23.0 Å². The molecular weight excluding hydrogens is 604 g/mol. The molecule has 3 unspecified atom stereocenters. The summed E-state index contributed by atoms with van der Waals surface area (Å²) in [5.41, 5.74) is 0.463. The van der Waals surface area contributed by atoms with Crippen molar-refractivity contribution in [3.05, 3.63) is 53.6 Å². The third-order valence-corrected chi connectivity index (χ3v) is 7.34. The molecule has 248 valence electrons. The van der Waals surface area contributed by atoms with Crippen molar-refractivity contribution in [2.45, 2.75) is 74.4 Å². The molecule has 0 aliphatic carbocycles. The lowest BCUT2D eigenvalue weighted by Crippen LogP contribution is -2.62. The minimum atomic E-state index is -1.84. The number of carbonyl (C=O) groups is 1. The number of carbonyl (C=O) groups excluding carboxylic acids is 1. The number of hydrogen-bond acceptors (Lipinski definition) is 16. The van der Waals surface area contributed by atoms with Crippen molar-refractivity contribution in [2.24, 2.45) is 0 Å². The van der Waals surface area contributed by atoms with Gasteiger partial charge in [0.2, 0.25) is 0 Å². The quantitative estimate of drug-likeness (QED) is 0.0802. The third kappa shape index (κ3) is 8.19. The topological polar surface area (TPSA) is 266 Å². The summed E-state index contributed by atoms with van der Waals surface area (Å²) in [4.78, 5) is 12.7. The van der Waals surface area contributed by atoms with E-state index in [1.165, 1.54) is 37.3 Å². The Morgan fingerprint density at radius 1 is 0.800 bits per heavy atom. The average Bonchev–Trinajstić information content (AvgIpc) is 3.01. The molecule has 45 heavy (non-hydrogen) atoms. The van der Waals surface area contributed by atoms with Crippen LogP contribution in [0.25, 0.3) is 6.08 Å². The van der Waals surface area contributed by atoms with Crippen LogP contribution in [-0.2, 0) is 28.5 Å². The number of ether oxygens (including phenoxy) is 5. The molecule has 11 atom stereocenters. The molecular formula is C29H36O16. The number of phenols is 4. The van der Waals surface area contributed by atoms with Gasteiger partial charge < -0.3 is 74.7 Å². The predicted octanol–water partition coefficient (Wildman–Crippen LogP) is -1.53. The highest BCUT2D eigenvalue weighted by molar-refractivity contribution is 5.87. The smallest absolute Gasteiger partial charge is 0.331 e. The van der Waals surface area contributed by atoms with Crippen LogP contribution in [0.1, 0.15) is 24.2 Å². The summed E-state index contributed by atoms with van der Waals surface area (Å²) in [5, 5.41) is 101. The maximum absolute atomic E-state index is 12.7. The second-order valence-corrected chi connectivity index (χ2v) is 10.6. The number of phenolic OH excluding ortho intramolecular Hbond substituents is 4. The number of aliphatic hydroxyl groups excluding tert-OH is 6. The molecule has 2 aromatic carbocycles. The molecule has 0 amide bonds. The summed E-state index contributed by atoms with van der Waals surface area (Å²) in [7, 11) is 0. The van der Waals surface area contributed by atoms with E-state index in [1.54, 1.807) is 0 Å². The van der Waals surface area contributed by atoms with Gasteiger partial charge in [-0.1, -0.05) is 12.1 Å². The van der Waals surface area contributed by atoms with Gasteiger partial charge in [0, 0.05) is 6.08 Å². The Hall–Kier alpha value is -3.55. The lowest BCUT2D eigenvalue weighted by atomic mass is 9.98. The zero-order valence-corrected chi connectivity index (χ0v) is 23.8. The fourth-order valence-electron chi connectivity index (χ4n) is 4.68. The number of aromatic hydroxyl groups is 4. The minimum absolute atomic E-state index is 0.148. The van der Waals surface area contributed by atoms with Gasteiger partial charge in [-0.05, 0) is 48.4 Å². The average molecular weight is 641 g/mol. The zero-order valence-electron chi connectivity index (χ0n) is 23.8. The Morgan fingerprint density at radius 2 is 1.42 bits per heavy atom. The third-order valence-electron chi connectivity index (χ3n) is 7.34. The first-order chi connectivity index (χ1) is 21.3. The van der Waals surface area contributed by atoms with Crippen LogP contribution >= 0.6 is 0 Å². The number of hydrogen-bond donors (Lipinski definition) is 10. The second kappa shape index (κ2) is 14.7. The van der Waals surface area contributed by atoms with Crippen LogP contribution in [0.3, 0.4) is 0 Å². The largest absolute Gasteiger partial charge is 0.504 e. The molecule has 0 spiro atoms. The summed E-state index contributed by atoms with van der Waals surface area (Å²) in [5.74, 6) is -2.73. The van der Waals surface area contributed by atoms with E-state index in [0.29, 0.717) is 5.56 Å². The van der Waals surface area contributed by atoms with Gasteiger partial charge in [-0.15, -0.1) is 0 Å². The summed E-state index contributed by atoms with van der Waals surface area (Å²) in [6, 6.07) is 7.33. The fraction of sp³-hybridized carbons (Fsp3) is 0.483. The standard InChI is InChI=1S/C29H36O16/c1-12-22(36)23(37)25(39)28(43-12)42-11-20-27(45-21(35)7-3-13-2-5-15(30)17(32)8-13)24(38)26(40)29(44-20)41-10-19(34)14-4-6-16(31)18(33)9-14/h2-9,12,19-20,22-34,36-40H,10-11H2,1H3/b7-3+/t12-,19?,20+,22-,23+,24+,25-,26+,27?,28+,29?/m0/s1. The Morgan fingerprint density at radius 3 is 2.09 bits per heavy atom. The molecule has 2 aliphatic heterocycles. The molecule has 16 nitrogen and oxygen atoms in total. The summed E-state index contributed by atoms with van der Waals surface area (Å²) in [6.07, 6.45) is -14.6. The van der Waals surface area contributed by atoms with Gasteiger partial charge in [-0.25, -0.2) is 4.79 Å². The Labute approximate surface area is 256 Å². The summed E-state index contributed by atoms with van der Waals surface area (Å²) >= 11 is 0. The first kappa shape index (κ1) is 34.3. The molecule has 4 rings (SSSR count). The van der Waals surface area contributed by atoms with E-state index in [0.717, 1.165) is 18.2 Å². The van der Waals surface area contributed by atoms with E-state index in [1.807, 2.05) is 0 Å². The summed E-state index contributed by atoms with van der Waals surface area (Å²) < 4.78 is 27.5. The minimum Gasteiger partial charge on any atom is -0.504 e.